The summed E-state index contributed by atoms with van der Waals surface area (Å²) >= 11 is 0. The minimum atomic E-state index is -1.18. The number of carbonyl (C=O) groups excluding carboxylic acids is 2. The number of hydrogen-bond acceptors (Lipinski definition) is 4. The highest BCUT2D eigenvalue weighted by molar-refractivity contribution is 6.00. The Balaban J connectivity index is 2.92. The van der Waals surface area contributed by atoms with Crippen molar-refractivity contribution in [3.63, 3.8) is 0 Å². The number of ether oxygens (including phenoxy) is 1. The number of amides is 3. The van der Waals surface area contributed by atoms with E-state index in [9.17, 15) is 14.4 Å². The zero-order valence-electron chi connectivity index (χ0n) is 12.0. The molecule has 3 N–H and O–H groups in total. The van der Waals surface area contributed by atoms with E-state index in [-0.39, 0.29) is 23.7 Å². The fourth-order valence-corrected chi connectivity index (χ4v) is 1.52. The largest absolute Gasteiger partial charge is 0.497 e. The van der Waals surface area contributed by atoms with E-state index in [1.165, 1.54) is 39.4 Å². The van der Waals surface area contributed by atoms with Gasteiger partial charge in [-0.25, -0.2) is 9.59 Å². The standard InChI is InChI=1S/C13H17N3O5/c1-14-11(17)7-16(2)13(20)15-10-6-8(21-3)4-5-9(10)12(18)19/h4-6H,7H2,1-3H3,(H,14,17)(H,15,20)(H,18,19). The Kier molecular flexibility index (Phi) is 5.53. The van der Waals surface area contributed by atoms with Crippen molar-refractivity contribution < 1.29 is 24.2 Å². The van der Waals surface area contributed by atoms with Crippen LogP contribution in [-0.4, -0.2) is 55.7 Å². The lowest BCUT2D eigenvalue weighted by Gasteiger charge is -2.18. The molecular weight excluding hydrogens is 278 g/mol. The summed E-state index contributed by atoms with van der Waals surface area (Å²) in [5, 5.41) is 13.9. The van der Waals surface area contributed by atoms with Crippen molar-refractivity contribution in [3.8, 4) is 5.75 Å². The number of aromatic carboxylic acids is 1. The van der Waals surface area contributed by atoms with Gasteiger partial charge in [-0.3, -0.25) is 4.79 Å². The van der Waals surface area contributed by atoms with Gasteiger partial charge in [0.05, 0.1) is 18.4 Å². The molecule has 1 rings (SSSR count). The molecule has 0 saturated heterocycles. The molecule has 3 amide bonds. The van der Waals surface area contributed by atoms with E-state index >= 15 is 0 Å². The molecule has 114 valence electrons. The summed E-state index contributed by atoms with van der Waals surface area (Å²) in [5.41, 5.74) is 0.0214. The molecule has 0 aromatic heterocycles. The van der Waals surface area contributed by atoms with Gasteiger partial charge in [0, 0.05) is 20.2 Å². The van der Waals surface area contributed by atoms with Crippen molar-refractivity contribution in [1.29, 1.82) is 0 Å². The molecule has 1 aromatic rings. The normalized spacial score (nSPS) is 9.67. The van der Waals surface area contributed by atoms with Crippen LogP contribution in [0.15, 0.2) is 18.2 Å². The maximum Gasteiger partial charge on any atom is 0.337 e. The van der Waals surface area contributed by atoms with Crippen molar-refractivity contribution >= 4 is 23.6 Å². The number of benzene rings is 1. The van der Waals surface area contributed by atoms with E-state index in [0.29, 0.717) is 5.75 Å². The maximum absolute atomic E-state index is 11.9. The highest BCUT2D eigenvalue weighted by atomic mass is 16.5. The molecule has 0 aliphatic heterocycles. The van der Waals surface area contributed by atoms with Gasteiger partial charge in [-0.1, -0.05) is 0 Å². The van der Waals surface area contributed by atoms with E-state index < -0.39 is 12.0 Å². The fourth-order valence-electron chi connectivity index (χ4n) is 1.52. The summed E-state index contributed by atoms with van der Waals surface area (Å²) in [4.78, 5) is 35.4. The maximum atomic E-state index is 11.9. The van der Waals surface area contributed by atoms with E-state index in [0.717, 1.165) is 4.90 Å². The van der Waals surface area contributed by atoms with Crippen LogP contribution in [0.4, 0.5) is 10.5 Å². The molecule has 0 saturated carbocycles. The van der Waals surface area contributed by atoms with Crippen LogP contribution in [0.3, 0.4) is 0 Å². The van der Waals surface area contributed by atoms with E-state index in [2.05, 4.69) is 10.6 Å². The SMILES string of the molecule is CNC(=O)CN(C)C(=O)Nc1cc(OC)ccc1C(=O)O. The van der Waals surface area contributed by atoms with Gasteiger partial charge in [-0.15, -0.1) is 0 Å². The van der Waals surface area contributed by atoms with Crippen LogP contribution in [-0.2, 0) is 4.79 Å². The Morgan fingerprint density at radius 2 is 2.00 bits per heavy atom. The number of methoxy groups -OCH3 is 1. The van der Waals surface area contributed by atoms with Crippen LogP contribution in [0.2, 0.25) is 0 Å². The van der Waals surface area contributed by atoms with Crippen LogP contribution in [0, 0.1) is 0 Å². The molecule has 8 heteroatoms. The van der Waals surface area contributed by atoms with Gasteiger partial charge in [0.25, 0.3) is 0 Å². The molecule has 1 aromatic carbocycles. The number of carboxylic acid groups (broad SMARTS) is 1. The summed E-state index contributed by atoms with van der Waals surface area (Å²) < 4.78 is 4.99. The van der Waals surface area contributed by atoms with Crippen molar-refractivity contribution in [3.05, 3.63) is 23.8 Å². The van der Waals surface area contributed by atoms with Crippen LogP contribution in [0.5, 0.6) is 5.75 Å². The number of anilines is 1. The zero-order chi connectivity index (χ0) is 16.0. The Hall–Kier alpha value is -2.77. The third-order valence-corrected chi connectivity index (χ3v) is 2.71. The summed E-state index contributed by atoms with van der Waals surface area (Å²) in [7, 11) is 4.31. The molecule has 0 heterocycles. The summed E-state index contributed by atoms with van der Waals surface area (Å²) in [6, 6.07) is 3.60. The predicted molar refractivity (Wildman–Crippen MR) is 75.7 cm³/mol. The number of nitrogens with one attached hydrogen (secondary N) is 2. The third kappa shape index (κ3) is 4.37. The quantitative estimate of drug-likeness (QED) is 0.737. The molecule has 0 fully saturated rings. The van der Waals surface area contributed by atoms with Gasteiger partial charge < -0.3 is 25.4 Å². The number of likely N-dealkylation sites (N-methyl/N-ethyl adjacent to an activating group) is 2. The van der Waals surface area contributed by atoms with Crippen LogP contribution in [0.25, 0.3) is 0 Å². The molecular formula is C13H17N3O5. The summed E-state index contributed by atoms with van der Waals surface area (Å²) in [6.07, 6.45) is 0. The van der Waals surface area contributed by atoms with Gasteiger partial charge in [-0.2, -0.15) is 0 Å². The smallest absolute Gasteiger partial charge is 0.337 e. The van der Waals surface area contributed by atoms with Crippen LogP contribution < -0.4 is 15.4 Å². The number of urea groups is 1. The second kappa shape index (κ2) is 7.13. The highest BCUT2D eigenvalue weighted by Crippen LogP contribution is 2.22. The lowest BCUT2D eigenvalue weighted by molar-refractivity contribution is -0.120. The Bertz CT molecular complexity index is 559. The molecule has 0 radical (unpaired) electrons. The monoisotopic (exact) mass is 295 g/mol. The second-order valence-corrected chi connectivity index (χ2v) is 4.18. The van der Waals surface area contributed by atoms with Crippen LogP contribution in [0.1, 0.15) is 10.4 Å². The second-order valence-electron chi connectivity index (χ2n) is 4.18. The first-order valence-corrected chi connectivity index (χ1v) is 6.03. The highest BCUT2D eigenvalue weighted by Gasteiger charge is 2.17. The van der Waals surface area contributed by atoms with Gasteiger partial charge in [-0.05, 0) is 12.1 Å². The summed E-state index contributed by atoms with van der Waals surface area (Å²) in [6.45, 7) is -0.144. The average molecular weight is 295 g/mol. The van der Waals surface area contributed by atoms with Gasteiger partial charge in [0.15, 0.2) is 0 Å². The minimum Gasteiger partial charge on any atom is -0.497 e. The first-order valence-electron chi connectivity index (χ1n) is 6.03. The van der Waals surface area contributed by atoms with Gasteiger partial charge in [0.1, 0.15) is 12.3 Å². The number of rotatable bonds is 5. The van der Waals surface area contributed by atoms with Gasteiger partial charge in [0.2, 0.25) is 5.91 Å². The molecule has 8 nitrogen and oxygen atoms in total. The van der Waals surface area contributed by atoms with E-state index in [1.54, 1.807) is 0 Å². The van der Waals surface area contributed by atoms with Crippen LogP contribution >= 0.6 is 0 Å². The minimum absolute atomic E-state index is 0.0718. The van der Waals surface area contributed by atoms with Crippen molar-refractivity contribution in [2.24, 2.45) is 0 Å². The van der Waals surface area contributed by atoms with E-state index in [1.807, 2.05) is 0 Å². The Morgan fingerprint density at radius 3 is 2.52 bits per heavy atom. The lowest BCUT2D eigenvalue weighted by Crippen LogP contribution is -2.39. The molecule has 0 bridgehead atoms. The fraction of sp³-hybridized carbons (Fsp3) is 0.308. The Morgan fingerprint density at radius 1 is 1.33 bits per heavy atom. The Labute approximate surface area is 121 Å². The average Bonchev–Trinajstić information content (AvgIpc) is 2.46. The molecule has 0 spiro atoms. The first-order chi connectivity index (χ1) is 9.88. The molecule has 0 atom stereocenters. The topological polar surface area (TPSA) is 108 Å². The van der Waals surface area contributed by atoms with Crippen molar-refractivity contribution in [2.45, 2.75) is 0 Å². The number of carboxylic acids is 1. The molecule has 21 heavy (non-hydrogen) atoms. The summed E-state index contributed by atoms with van der Waals surface area (Å²) in [5.74, 6) is -1.11. The van der Waals surface area contributed by atoms with Gasteiger partial charge >= 0.3 is 12.0 Å². The number of nitrogens with zero attached hydrogens (tertiary/aromatic N) is 1. The van der Waals surface area contributed by atoms with E-state index in [4.69, 9.17) is 9.84 Å². The number of hydrogen-bond donors (Lipinski definition) is 3. The van der Waals surface area contributed by atoms with Crippen molar-refractivity contribution in [1.82, 2.24) is 10.2 Å². The predicted octanol–water partition coefficient (Wildman–Crippen LogP) is 0.603. The third-order valence-electron chi connectivity index (χ3n) is 2.71. The number of carbonyl (C=O) groups is 3. The first kappa shape index (κ1) is 16.3. The molecule has 0 aliphatic rings. The zero-order valence-corrected chi connectivity index (χ0v) is 12.0. The molecule has 0 unspecified atom stereocenters. The van der Waals surface area contributed by atoms with Crippen molar-refractivity contribution in [2.75, 3.05) is 33.1 Å². The lowest BCUT2D eigenvalue weighted by atomic mass is 10.1. The molecule has 0 aliphatic carbocycles.